The van der Waals surface area contributed by atoms with Crippen molar-refractivity contribution in [2.45, 2.75) is 19.3 Å². The average molecular weight is 372 g/mol. The minimum absolute atomic E-state index is 0.0369. The van der Waals surface area contributed by atoms with E-state index in [-0.39, 0.29) is 12.8 Å². The maximum atomic E-state index is 10.6. The van der Waals surface area contributed by atoms with Crippen molar-refractivity contribution in [2.75, 3.05) is 13.2 Å². The Hall–Kier alpha value is -2.87. The van der Waals surface area contributed by atoms with Gasteiger partial charge in [0.05, 0.1) is 24.5 Å². The molecule has 4 rings (SSSR count). The zero-order chi connectivity index (χ0) is 17.9. The number of aryl methyl sites for hydroxylation is 1. The zero-order valence-corrected chi connectivity index (χ0v) is 14.6. The van der Waals surface area contributed by atoms with E-state index in [9.17, 15) is 4.79 Å². The summed E-state index contributed by atoms with van der Waals surface area (Å²) in [7, 11) is 0. The second kappa shape index (κ2) is 7.17. The number of nitrogens with zero attached hydrogens (tertiary/aromatic N) is 2. The summed E-state index contributed by atoms with van der Waals surface area (Å²) in [5.41, 5.74) is 1.95. The molecule has 0 spiro atoms. The highest BCUT2D eigenvalue weighted by Gasteiger charge is 2.18. The van der Waals surface area contributed by atoms with Crippen LogP contribution in [-0.4, -0.2) is 34.4 Å². The lowest BCUT2D eigenvalue weighted by Gasteiger charge is -2.11. The Morgan fingerprint density at radius 3 is 3.04 bits per heavy atom. The number of hydrogen-bond donors (Lipinski definition) is 1. The molecule has 1 aromatic carbocycles. The van der Waals surface area contributed by atoms with Gasteiger partial charge in [-0.15, -0.1) is 11.3 Å². The molecule has 1 aliphatic rings. The molecule has 0 saturated heterocycles. The van der Waals surface area contributed by atoms with Crippen molar-refractivity contribution in [3.05, 3.63) is 35.5 Å². The SMILES string of the molecule is O=C(O)CCc1nc(-c2cc(-c3cccc4c3OCCCO4)cs2)no1. The lowest BCUT2D eigenvalue weighted by Crippen LogP contribution is -1.97. The van der Waals surface area contributed by atoms with Crippen molar-refractivity contribution >= 4 is 17.3 Å². The fourth-order valence-corrected chi connectivity index (χ4v) is 3.52. The number of carboxylic acids is 1. The van der Waals surface area contributed by atoms with Crippen molar-refractivity contribution < 1.29 is 23.9 Å². The minimum atomic E-state index is -0.893. The number of carboxylic acid groups (broad SMARTS) is 1. The van der Waals surface area contributed by atoms with E-state index in [2.05, 4.69) is 10.1 Å². The molecule has 7 nitrogen and oxygen atoms in total. The third kappa shape index (κ3) is 3.41. The summed E-state index contributed by atoms with van der Waals surface area (Å²) in [6.45, 7) is 1.27. The minimum Gasteiger partial charge on any atom is -0.490 e. The topological polar surface area (TPSA) is 94.7 Å². The Kier molecular flexibility index (Phi) is 4.57. The van der Waals surface area contributed by atoms with E-state index in [4.69, 9.17) is 19.1 Å². The van der Waals surface area contributed by atoms with Crippen molar-refractivity contribution in [3.8, 4) is 33.3 Å². The lowest BCUT2D eigenvalue weighted by atomic mass is 10.1. The van der Waals surface area contributed by atoms with Gasteiger partial charge in [-0.25, -0.2) is 0 Å². The summed E-state index contributed by atoms with van der Waals surface area (Å²) >= 11 is 1.49. The number of hydrogen-bond acceptors (Lipinski definition) is 7. The molecule has 0 atom stereocenters. The number of ether oxygens (including phenoxy) is 2. The Morgan fingerprint density at radius 2 is 2.15 bits per heavy atom. The number of para-hydroxylation sites is 1. The van der Waals surface area contributed by atoms with Crippen LogP contribution in [0.3, 0.4) is 0 Å². The molecular weight excluding hydrogens is 356 g/mol. The second-order valence-corrected chi connectivity index (χ2v) is 6.70. The van der Waals surface area contributed by atoms with Crippen LogP contribution in [0.5, 0.6) is 11.5 Å². The van der Waals surface area contributed by atoms with Crippen LogP contribution >= 0.6 is 11.3 Å². The van der Waals surface area contributed by atoms with Crippen molar-refractivity contribution in [1.82, 2.24) is 10.1 Å². The van der Waals surface area contributed by atoms with E-state index in [1.54, 1.807) is 0 Å². The van der Waals surface area contributed by atoms with Gasteiger partial charge >= 0.3 is 5.97 Å². The van der Waals surface area contributed by atoms with Crippen LogP contribution in [0.25, 0.3) is 21.8 Å². The molecule has 2 aromatic heterocycles. The van der Waals surface area contributed by atoms with Crippen molar-refractivity contribution in [1.29, 1.82) is 0 Å². The van der Waals surface area contributed by atoms with Crippen LogP contribution in [0.15, 0.2) is 34.2 Å². The van der Waals surface area contributed by atoms with Gasteiger partial charge in [-0.1, -0.05) is 17.3 Å². The number of carbonyl (C=O) groups is 1. The standard InChI is InChI=1S/C18H16N2O5S/c21-16(22)6-5-15-19-18(20-25-15)14-9-11(10-26-14)12-3-1-4-13-17(12)24-8-2-7-23-13/h1,3-4,9-10H,2,5-8H2,(H,21,22). The molecule has 26 heavy (non-hydrogen) atoms. The van der Waals surface area contributed by atoms with Gasteiger partial charge < -0.3 is 19.1 Å². The van der Waals surface area contributed by atoms with Gasteiger partial charge in [0.2, 0.25) is 11.7 Å². The van der Waals surface area contributed by atoms with Gasteiger partial charge in [0, 0.05) is 18.4 Å². The predicted octanol–water partition coefficient (Wildman–Crippen LogP) is 3.64. The molecule has 1 aliphatic heterocycles. The third-order valence-corrected chi connectivity index (χ3v) is 4.85. The first-order chi connectivity index (χ1) is 12.7. The molecule has 1 N–H and O–H groups in total. The molecule has 0 bridgehead atoms. The highest BCUT2D eigenvalue weighted by Crippen LogP contribution is 2.42. The number of thiophene rings is 1. The largest absolute Gasteiger partial charge is 0.490 e. The average Bonchev–Trinajstić information content (AvgIpc) is 3.23. The van der Waals surface area contributed by atoms with E-state index in [0.29, 0.717) is 24.9 Å². The normalized spacial score (nSPS) is 13.4. The van der Waals surface area contributed by atoms with Crippen LogP contribution < -0.4 is 9.47 Å². The molecule has 3 heterocycles. The summed E-state index contributed by atoms with van der Waals surface area (Å²) in [4.78, 5) is 15.8. The number of rotatable bonds is 5. The summed E-state index contributed by atoms with van der Waals surface area (Å²) in [5, 5.41) is 14.7. The first-order valence-corrected chi connectivity index (χ1v) is 9.11. The van der Waals surface area contributed by atoms with E-state index in [0.717, 1.165) is 33.9 Å². The molecule has 8 heteroatoms. The molecule has 0 saturated carbocycles. The number of fused-ring (bicyclic) bond motifs is 1. The van der Waals surface area contributed by atoms with Gasteiger partial charge in [0.1, 0.15) is 0 Å². The molecule has 134 valence electrons. The highest BCUT2D eigenvalue weighted by atomic mass is 32.1. The number of aromatic nitrogens is 2. The van der Waals surface area contributed by atoms with E-state index in [1.807, 2.05) is 29.6 Å². The van der Waals surface area contributed by atoms with Crippen LogP contribution in [0.1, 0.15) is 18.7 Å². The Morgan fingerprint density at radius 1 is 1.27 bits per heavy atom. The summed E-state index contributed by atoms with van der Waals surface area (Å²) in [5.74, 6) is 1.39. The fraction of sp³-hybridized carbons (Fsp3) is 0.278. The third-order valence-electron chi connectivity index (χ3n) is 3.92. The quantitative estimate of drug-likeness (QED) is 0.730. The van der Waals surface area contributed by atoms with E-state index >= 15 is 0 Å². The Bertz CT molecular complexity index is 933. The highest BCUT2D eigenvalue weighted by molar-refractivity contribution is 7.13. The Balaban J connectivity index is 1.60. The zero-order valence-electron chi connectivity index (χ0n) is 13.8. The van der Waals surface area contributed by atoms with Crippen LogP contribution in [-0.2, 0) is 11.2 Å². The first kappa shape index (κ1) is 16.6. The predicted molar refractivity (Wildman–Crippen MR) is 94.6 cm³/mol. The number of benzene rings is 1. The number of aliphatic carboxylic acids is 1. The van der Waals surface area contributed by atoms with Gasteiger partial charge in [-0.2, -0.15) is 4.98 Å². The summed E-state index contributed by atoms with van der Waals surface area (Å²) in [6.07, 6.45) is 1.04. The summed E-state index contributed by atoms with van der Waals surface area (Å²) < 4.78 is 16.8. The van der Waals surface area contributed by atoms with E-state index < -0.39 is 5.97 Å². The monoisotopic (exact) mass is 372 g/mol. The van der Waals surface area contributed by atoms with Gasteiger partial charge in [0.25, 0.3) is 0 Å². The molecule has 0 radical (unpaired) electrons. The molecule has 0 aliphatic carbocycles. The van der Waals surface area contributed by atoms with Crippen LogP contribution in [0.4, 0.5) is 0 Å². The van der Waals surface area contributed by atoms with Gasteiger partial charge in [-0.05, 0) is 23.1 Å². The summed E-state index contributed by atoms with van der Waals surface area (Å²) in [6, 6.07) is 7.82. The van der Waals surface area contributed by atoms with Crippen LogP contribution in [0, 0.1) is 0 Å². The first-order valence-electron chi connectivity index (χ1n) is 8.23. The lowest BCUT2D eigenvalue weighted by molar-refractivity contribution is -0.137. The molecule has 0 fully saturated rings. The van der Waals surface area contributed by atoms with Crippen molar-refractivity contribution in [2.24, 2.45) is 0 Å². The maximum Gasteiger partial charge on any atom is 0.303 e. The fourth-order valence-electron chi connectivity index (χ4n) is 2.69. The molecule has 0 amide bonds. The van der Waals surface area contributed by atoms with Crippen LogP contribution in [0.2, 0.25) is 0 Å². The van der Waals surface area contributed by atoms with E-state index in [1.165, 1.54) is 11.3 Å². The second-order valence-electron chi connectivity index (χ2n) is 5.79. The maximum absolute atomic E-state index is 10.6. The molecule has 0 unspecified atom stereocenters. The molecule has 3 aromatic rings. The van der Waals surface area contributed by atoms with Crippen molar-refractivity contribution in [3.63, 3.8) is 0 Å². The smallest absolute Gasteiger partial charge is 0.303 e. The van der Waals surface area contributed by atoms with Gasteiger partial charge in [-0.3, -0.25) is 4.79 Å². The van der Waals surface area contributed by atoms with Gasteiger partial charge in [0.15, 0.2) is 11.5 Å². The molecular formula is C18H16N2O5S. The Labute approximate surface area is 153 Å².